The number of aliphatic carboxylic acids is 1. The molecule has 0 saturated carbocycles. The van der Waals surface area contributed by atoms with Crippen molar-refractivity contribution in [3.8, 4) is 0 Å². The number of amides is 3. The Kier molecular flexibility index (Phi) is 6.71. The molecule has 0 radical (unpaired) electrons. The van der Waals surface area contributed by atoms with Crippen molar-refractivity contribution in [3.05, 3.63) is 38.9 Å². The number of fused-ring (bicyclic) bond motifs is 1. The highest BCUT2D eigenvalue weighted by molar-refractivity contribution is 8.00. The number of aromatic nitrogens is 2. The van der Waals surface area contributed by atoms with E-state index < -0.39 is 29.2 Å². The molecule has 3 N–H and O–H groups in total. The third-order valence-electron chi connectivity index (χ3n) is 4.52. The minimum Gasteiger partial charge on any atom is -0.478 e. The van der Waals surface area contributed by atoms with Crippen LogP contribution in [0.15, 0.2) is 27.7 Å². The lowest BCUT2D eigenvalue weighted by Crippen LogP contribution is -2.69. The van der Waals surface area contributed by atoms with Crippen molar-refractivity contribution in [1.82, 2.24) is 20.2 Å². The van der Waals surface area contributed by atoms with Gasteiger partial charge in [-0.3, -0.25) is 14.4 Å². The van der Waals surface area contributed by atoms with E-state index in [9.17, 15) is 19.2 Å². The number of carboxylic acid groups (broad SMARTS) is 1. The molecule has 1 fully saturated rings. The van der Waals surface area contributed by atoms with Gasteiger partial charge in [-0.05, 0) is 6.92 Å². The molecule has 0 aromatic carbocycles. The molecule has 4 heterocycles. The molecule has 15 heteroatoms. The maximum atomic E-state index is 13.0. The third kappa shape index (κ3) is 4.89. The Bertz CT molecular complexity index is 1170. The number of nitrogens with one attached hydrogen (secondary N) is 2. The van der Waals surface area contributed by atoms with Crippen molar-refractivity contribution in [1.29, 1.82) is 0 Å². The van der Waals surface area contributed by atoms with E-state index in [4.69, 9.17) is 9.94 Å². The van der Waals surface area contributed by atoms with E-state index in [0.29, 0.717) is 12.1 Å². The van der Waals surface area contributed by atoms with Gasteiger partial charge in [0.15, 0.2) is 17.5 Å². The molecule has 12 nitrogen and oxygen atoms in total. The van der Waals surface area contributed by atoms with Crippen LogP contribution in [-0.4, -0.2) is 67.0 Å². The number of carboxylic acids is 1. The molecule has 2 aliphatic rings. The Hall–Kier alpha value is -3.30. The van der Waals surface area contributed by atoms with Gasteiger partial charge in [0.25, 0.3) is 11.8 Å². The van der Waals surface area contributed by atoms with E-state index in [1.165, 1.54) is 39.6 Å². The fraction of sp³-hybridized carbons (Fsp3) is 0.278. The van der Waals surface area contributed by atoms with Gasteiger partial charge in [-0.2, -0.15) is 0 Å². The normalized spacial score (nSPS) is 19.8. The number of hydrogen-bond donors (Lipinski definition) is 3. The Morgan fingerprint density at radius 1 is 1.36 bits per heavy atom. The highest BCUT2D eigenvalue weighted by Gasteiger charge is 2.50. The zero-order valence-electron chi connectivity index (χ0n) is 16.9. The van der Waals surface area contributed by atoms with Crippen LogP contribution in [0.3, 0.4) is 0 Å². The minimum atomic E-state index is -1.09. The van der Waals surface area contributed by atoms with Gasteiger partial charge in [0.1, 0.15) is 17.1 Å². The van der Waals surface area contributed by atoms with E-state index >= 15 is 0 Å². The first-order valence-corrected chi connectivity index (χ1v) is 12.1. The summed E-state index contributed by atoms with van der Waals surface area (Å²) >= 11 is 3.78. The predicted molar refractivity (Wildman–Crippen MR) is 121 cm³/mol. The lowest BCUT2D eigenvalue weighted by Gasteiger charge is -2.46. The Morgan fingerprint density at radius 3 is 2.88 bits per heavy atom. The van der Waals surface area contributed by atoms with Crippen molar-refractivity contribution in [3.63, 3.8) is 0 Å². The third-order valence-corrected chi connectivity index (χ3v) is 7.44. The summed E-state index contributed by atoms with van der Waals surface area (Å²) < 4.78 is 0. The van der Waals surface area contributed by atoms with E-state index in [1.54, 1.807) is 5.38 Å². The SMILES string of the molecule is Cc1nc(CON=C(C(=O)NC2C(=O)N3C=C(C(=O)O)CS[C@H]23)c2csc(NC=O)n2)cs1. The molecule has 0 aliphatic carbocycles. The molecule has 4 rings (SSSR count). The number of oxime groups is 1. The van der Waals surface area contributed by atoms with E-state index in [0.717, 1.165) is 16.3 Å². The molecule has 1 unspecified atom stereocenters. The van der Waals surface area contributed by atoms with E-state index in [2.05, 4.69) is 25.8 Å². The summed E-state index contributed by atoms with van der Waals surface area (Å²) in [5, 5.41) is 22.1. The summed E-state index contributed by atoms with van der Waals surface area (Å²) in [5.74, 6) is -2.01. The van der Waals surface area contributed by atoms with Gasteiger partial charge >= 0.3 is 5.97 Å². The number of anilines is 1. The number of carbonyl (C=O) groups excluding carboxylic acids is 3. The van der Waals surface area contributed by atoms with Crippen LogP contribution in [0.5, 0.6) is 0 Å². The highest BCUT2D eigenvalue weighted by Crippen LogP contribution is 2.36. The lowest BCUT2D eigenvalue weighted by molar-refractivity contribution is -0.144. The van der Waals surface area contributed by atoms with Gasteiger partial charge in [0.05, 0.1) is 16.3 Å². The lowest BCUT2D eigenvalue weighted by atomic mass is 10.1. The van der Waals surface area contributed by atoms with Crippen LogP contribution < -0.4 is 10.6 Å². The predicted octanol–water partition coefficient (Wildman–Crippen LogP) is 0.766. The van der Waals surface area contributed by atoms with E-state index in [-0.39, 0.29) is 34.5 Å². The Labute approximate surface area is 198 Å². The van der Waals surface area contributed by atoms with Gasteiger partial charge < -0.3 is 25.5 Å². The van der Waals surface area contributed by atoms with Crippen LogP contribution in [-0.2, 0) is 30.6 Å². The van der Waals surface area contributed by atoms with Crippen LogP contribution in [0.25, 0.3) is 0 Å². The molecule has 2 aromatic rings. The molecule has 0 spiro atoms. The number of carbonyl (C=O) groups is 4. The second kappa shape index (κ2) is 9.68. The van der Waals surface area contributed by atoms with Gasteiger partial charge in [-0.1, -0.05) is 5.16 Å². The number of hydrogen-bond acceptors (Lipinski definition) is 11. The number of thiazole rings is 2. The van der Waals surface area contributed by atoms with Gasteiger partial charge in [0, 0.05) is 22.7 Å². The van der Waals surface area contributed by atoms with Crippen molar-refractivity contribution in [2.75, 3.05) is 11.1 Å². The number of β-lactam (4-membered cyclic amide) rings is 1. The molecule has 33 heavy (non-hydrogen) atoms. The van der Waals surface area contributed by atoms with Crippen molar-refractivity contribution in [2.24, 2.45) is 5.16 Å². The van der Waals surface area contributed by atoms with Crippen LogP contribution in [0, 0.1) is 6.92 Å². The monoisotopic (exact) mass is 508 g/mol. The van der Waals surface area contributed by atoms with Gasteiger partial charge in [-0.15, -0.1) is 34.4 Å². The molecular weight excluding hydrogens is 492 g/mol. The molecule has 3 amide bonds. The number of thioether (sulfide) groups is 1. The number of nitrogens with zero attached hydrogens (tertiary/aromatic N) is 4. The largest absolute Gasteiger partial charge is 0.478 e. The molecule has 2 aliphatic heterocycles. The summed E-state index contributed by atoms with van der Waals surface area (Å²) in [5.41, 5.74) is 0.738. The summed E-state index contributed by atoms with van der Waals surface area (Å²) in [6, 6.07) is -0.855. The standard InChI is InChI=1S/C18H16N6O6S3/c1-8-20-10(5-31-8)3-30-23-12(11-6-33-18(21-11)19-7-25)14(26)22-13-15(27)24-2-9(17(28)29)4-32-16(13)24/h2,5-7,13,16H,3-4H2,1H3,(H,22,26)(H,28,29)(H,19,21,25)/t13?,16-/m1/s1. The quantitative estimate of drug-likeness (QED) is 0.192. The first kappa shape index (κ1) is 22.9. The molecule has 0 bridgehead atoms. The molecule has 2 atom stereocenters. The Morgan fingerprint density at radius 2 is 2.18 bits per heavy atom. The van der Waals surface area contributed by atoms with Crippen molar-refractivity contribution in [2.45, 2.75) is 24.9 Å². The Balaban J connectivity index is 1.49. The fourth-order valence-corrected chi connectivity index (χ4v) is 5.48. The first-order valence-electron chi connectivity index (χ1n) is 9.33. The van der Waals surface area contributed by atoms with Crippen molar-refractivity contribution >= 4 is 69.5 Å². The molecule has 2 aromatic heterocycles. The average Bonchev–Trinajstić information content (AvgIpc) is 3.43. The summed E-state index contributed by atoms with van der Waals surface area (Å²) in [6.45, 7) is 1.88. The summed E-state index contributed by atoms with van der Waals surface area (Å²) in [6.07, 6.45) is 1.75. The number of aryl methyl sites for hydroxylation is 1. The maximum Gasteiger partial charge on any atom is 0.333 e. The smallest absolute Gasteiger partial charge is 0.333 e. The molecule has 1 saturated heterocycles. The zero-order chi connectivity index (χ0) is 23.5. The minimum absolute atomic E-state index is 0.0298. The van der Waals surface area contributed by atoms with Crippen molar-refractivity contribution < 1.29 is 29.1 Å². The fourth-order valence-electron chi connectivity index (χ4n) is 2.98. The van der Waals surface area contributed by atoms with Crippen LogP contribution >= 0.6 is 34.4 Å². The maximum absolute atomic E-state index is 13.0. The van der Waals surface area contributed by atoms with Gasteiger partial charge in [-0.25, -0.2) is 14.8 Å². The highest BCUT2D eigenvalue weighted by atomic mass is 32.2. The number of rotatable bonds is 9. The van der Waals surface area contributed by atoms with Crippen LogP contribution in [0.4, 0.5) is 5.13 Å². The van der Waals surface area contributed by atoms with Gasteiger partial charge in [0.2, 0.25) is 6.41 Å². The molecule has 172 valence electrons. The summed E-state index contributed by atoms with van der Waals surface area (Å²) in [7, 11) is 0. The second-order valence-electron chi connectivity index (χ2n) is 6.73. The van der Waals surface area contributed by atoms with Crippen LogP contribution in [0.2, 0.25) is 0 Å². The second-order valence-corrected chi connectivity index (χ2v) is 9.75. The summed E-state index contributed by atoms with van der Waals surface area (Å²) in [4.78, 5) is 62.3. The topological polar surface area (TPSA) is 163 Å². The first-order chi connectivity index (χ1) is 15.9. The van der Waals surface area contributed by atoms with E-state index in [1.807, 2.05) is 6.92 Å². The average molecular weight is 509 g/mol. The zero-order valence-corrected chi connectivity index (χ0v) is 19.3. The molecular formula is C18H16N6O6S3. The van der Waals surface area contributed by atoms with Crippen LogP contribution in [0.1, 0.15) is 16.4 Å².